The van der Waals surface area contributed by atoms with E-state index < -0.39 is 0 Å². The topological polar surface area (TPSA) is 36.4 Å². The maximum Gasteiger partial charge on any atom is 0.123 e. The maximum absolute atomic E-state index is 13.1. The molecule has 0 aliphatic carbocycles. The lowest BCUT2D eigenvalue weighted by Crippen LogP contribution is -2.46. The summed E-state index contributed by atoms with van der Waals surface area (Å²) in [6.07, 6.45) is 6.54. The Kier molecular flexibility index (Phi) is 5.03. The number of nitrogens with zero attached hydrogens (tertiary/aromatic N) is 2. The number of hydrogen-bond acceptors (Lipinski definition) is 3. The van der Waals surface area contributed by atoms with Crippen LogP contribution in [0.4, 0.5) is 4.39 Å². The van der Waals surface area contributed by atoms with Gasteiger partial charge in [0.25, 0.3) is 0 Å². The van der Waals surface area contributed by atoms with Crippen molar-refractivity contribution in [1.82, 2.24) is 9.88 Å². The predicted octanol–water partition coefficient (Wildman–Crippen LogP) is 3.04. The Morgan fingerprint density at radius 1 is 1.17 bits per heavy atom. The summed E-state index contributed by atoms with van der Waals surface area (Å²) < 4.78 is 13.1. The lowest BCUT2D eigenvalue weighted by atomic mass is 9.75. The summed E-state index contributed by atoms with van der Waals surface area (Å²) in [5.41, 5.74) is 2.14. The number of pyridine rings is 1. The molecule has 3 nitrogen and oxygen atoms in total. The molecule has 0 spiro atoms. The smallest absolute Gasteiger partial charge is 0.123 e. The van der Waals surface area contributed by atoms with Gasteiger partial charge >= 0.3 is 0 Å². The second kappa shape index (κ2) is 7.20. The van der Waals surface area contributed by atoms with Crippen molar-refractivity contribution in [2.75, 3.05) is 19.7 Å². The van der Waals surface area contributed by atoms with Crippen molar-refractivity contribution in [1.29, 1.82) is 0 Å². The molecule has 1 aromatic heterocycles. The fraction of sp³-hybridized carbons (Fsp3) is 0.421. The largest absolute Gasteiger partial charge is 0.396 e. The molecule has 2 heterocycles. The van der Waals surface area contributed by atoms with Gasteiger partial charge in [-0.05, 0) is 55.1 Å². The van der Waals surface area contributed by atoms with Crippen molar-refractivity contribution < 1.29 is 9.50 Å². The lowest BCUT2D eigenvalue weighted by molar-refractivity contribution is 0.0288. The van der Waals surface area contributed by atoms with E-state index in [2.05, 4.69) is 16.0 Å². The molecule has 1 atom stereocenters. The van der Waals surface area contributed by atoms with Gasteiger partial charge in [0.1, 0.15) is 5.82 Å². The number of aromatic nitrogens is 1. The minimum absolute atomic E-state index is 0.141. The van der Waals surface area contributed by atoms with Gasteiger partial charge in [0, 0.05) is 30.9 Å². The molecule has 3 rings (SSSR count). The Bertz CT molecular complexity index is 617. The van der Waals surface area contributed by atoms with Crippen LogP contribution in [-0.4, -0.2) is 34.7 Å². The third kappa shape index (κ3) is 4.15. The Labute approximate surface area is 136 Å². The van der Waals surface area contributed by atoms with Gasteiger partial charge in [0.15, 0.2) is 0 Å². The Morgan fingerprint density at radius 2 is 2.00 bits per heavy atom. The molecular formula is C19H23FN2O. The normalized spacial score (nSPS) is 22.2. The third-order valence-corrected chi connectivity index (χ3v) is 4.70. The quantitative estimate of drug-likeness (QED) is 0.921. The van der Waals surface area contributed by atoms with Crippen LogP contribution in [0.25, 0.3) is 0 Å². The van der Waals surface area contributed by atoms with Crippen LogP contribution >= 0.6 is 0 Å². The van der Waals surface area contributed by atoms with Crippen LogP contribution in [0, 0.1) is 11.2 Å². The molecule has 1 aromatic carbocycles. The van der Waals surface area contributed by atoms with Crippen LogP contribution in [0.15, 0.2) is 48.8 Å². The van der Waals surface area contributed by atoms with Crippen molar-refractivity contribution in [3.8, 4) is 0 Å². The van der Waals surface area contributed by atoms with Crippen LogP contribution in [0.1, 0.15) is 24.0 Å². The summed E-state index contributed by atoms with van der Waals surface area (Å²) >= 11 is 0. The number of halogens is 1. The fourth-order valence-electron chi connectivity index (χ4n) is 3.56. The molecule has 23 heavy (non-hydrogen) atoms. The molecule has 4 heteroatoms. The Morgan fingerprint density at radius 3 is 2.70 bits per heavy atom. The van der Waals surface area contributed by atoms with Crippen LogP contribution < -0.4 is 0 Å². The molecular weight excluding hydrogens is 291 g/mol. The molecule has 0 radical (unpaired) electrons. The summed E-state index contributed by atoms with van der Waals surface area (Å²) in [5.74, 6) is -0.214. The van der Waals surface area contributed by atoms with Crippen LogP contribution in [0.2, 0.25) is 0 Å². The van der Waals surface area contributed by atoms with Gasteiger partial charge in [-0.25, -0.2) is 4.39 Å². The Hall–Kier alpha value is -1.78. The number of likely N-dealkylation sites (tertiary alicyclic amines) is 1. The number of benzene rings is 1. The van der Waals surface area contributed by atoms with Crippen LogP contribution in [0.3, 0.4) is 0 Å². The first-order valence-corrected chi connectivity index (χ1v) is 8.16. The van der Waals surface area contributed by atoms with Gasteiger partial charge in [-0.15, -0.1) is 0 Å². The van der Waals surface area contributed by atoms with Gasteiger partial charge in [0.05, 0.1) is 6.61 Å². The third-order valence-electron chi connectivity index (χ3n) is 4.70. The van der Waals surface area contributed by atoms with E-state index in [-0.39, 0.29) is 17.8 Å². The number of aliphatic hydroxyl groups excluding tert-OH is 1. The van der Waals surface area contributed by atoms with E-state index in [0.717, 1.165) is 44.5 Å². The zero-order chi connectivity index (χ0) is 16.1. The molecule has 1 aliphatic rings. The molecule has 1 aliphatic heterocycles. The van der Waals surface area contributed by atoms with Crippen molar-refractivity contribution in [3.63, 3.8) is 0 Å². The first-order chi connectivity index (χ1) is 11.2. The standard InChI is InChI=1S/C19H23FN2O/c20-18-6-4-16(5-7-18)11-19(15-23)8-2-10-22(14-19)13-17-3-1-9-21-12-17/h1,3-7,9,12,23H,2,8,10-11,13-15H2. The molecule has 1 fully saturated rings. The lowest BCUT2D eigenvalue weighted by Gasteiger charge is -2.42. The molecule has 1 unspecified atom stereocenters. The first kappa shape index (κ1) is 16.1. The van der Waals surface area contributed by atoms with Crippen molar-refractivity contribution in [3.05, 3.63) is 65.7 Å². The molecule has 1 saturated heterocycles. The predicted molar refractivity (Wildman–Crippen MR) is 88.4 cm³/mol. The van der Waals surface area contributed by atoms with Crippen molar-refractivity contribution in [2.45, 2.75) is 25.8 Å². The second-order valence-corrected chi connectivity index (χ2v) is 6.64. The average Bonchev–Trinajstić information content (AvgIpc) is 2.58. The highest BCUT2D eigenvalue weighted by atomic mass is 19.1. The second-order valence-electron chi connectivity index (χ2n) is 6.64. The van der Waals surface area contributed by atoms with Gasteiger partial charge in [-0.1, -0.05) is 18.2 Å². The molecule has 122 valence electrons. The average molecular weight is 314 g/mol. The zero-order valence-electron chi connectivity index (χ0n) is 13.3. The molecule has 0 bridgehead atoms. The minimum Gasteiger partial charge on any atom is -0.396 e. The minimum atomic E-state index is -0.214. The molecule has 2 aromatic rings. The first-order valence-electron chi connectivity index (χ1n) is 8.16. The molecule has 0 amide bonds. The Balaban J connectivity index is 1.69. The van der Waals surface area contributed by atoms with Gasteiger partial charge in [-0.2, -0.15) is 0 Å². The van der Waals surface area contributed by atoms with Crippen LogP contribution in [0.5, 0.6) is 0 Å². The van der Waals surface area contributed by atoms with Gasteiger partial charge < -0.3 is 5.11 Å². The summed E-state index contributed by atoms with van der Waals surface area (Å²) in [6, 6.07) is 10.7. The SMILES string of the molecule is OCC1(Cc2ccc(F)cc2)CCCN(Cc2cccnc2)C1. The van der Waals surface area contributed by atoms with E-state index in [9.17, 15) is 9.50 Å². The summed E-state index contributed by atoms with van der Waals surface area (Å²) in [4.78, 5) is 6.56. The number of piperidine rings is 1. The monoisotopic (exact) mass is 314 g/mol. The highest BCUT2D eigenvalue weighted by Crippen LogP contribution is 2.34. The van der Waals surface area contributed by atoms with Crippen LogP contribution in [-0.2, 0) is 13.0 Å². The van der Waals surface area contributed by atoms with Crippen molar-refractivity contribution in [2.24, 2.45) is 5.41 Å². The van der Waals surface area contributed by atoms with E-state index in [1.165, 1.54) is 17.7 Å². The van der Waals surface area contributed by atoms with Gasteiger partial charge in [0.2, 0.25) is 0 Å². The van der Waals surface area contributed by atoms with E-state index in [1.807, 2.05) is 24.4 Å². The van der Waals surface area contributed by atoms with Gasteiger partial charge in [-0.3, -0.25) is 9.88 Å². The number of hydrogen-bond donors (Lipinski definition) is 1. The summed E-state index contributed by atoms with van der Waals surface area (Å²) in [5, 5.41) is 10.0. The molecule has 1 N–H and O–H groups in total. The maximum atomic E-state index is 13.1. The molecule has 0 saturated carbocycles. The van der Waals surface area contributed by atoms with E-state index in [0.29, 0.717) is 0 Å². The zero-order valence-corrected chi connectivity index (χ0v) is 13.3. The highest BCUT2D eigenvalue weighted by molar-refractivity contribution is 5.18. The van der Waals surface area contributed by atoms with Crippen molar-refractivity contribution >= 4 is 0 Å². The summed E-state index contributed by atoms with van der Waals surface area (Å²) in [7, 11) is 0. The fourth-order valence-corrected chi connectivity index (χ4v) is 3.56. The number of rotatable bonds is 5. The highest BCUT2D eigenvalue weighted by Gasteiger charge is 2.35. The summed E-state index contributed by atoms with van der Waals surface area (Å²) in [6.45, 7) is 2.92. The van der Waals surface area contributed by atoms with E-state index in [1.54, 1.807) is 6.20 Å². The van der Waals surface area contributed by atoms with E-state index in [4.69, 9.17) is 0 Å². The van der Waals surface area contributed by atoms with E-state index >= 15 is 0 Å². The number of aliphatic hydroxyl groups is 1.